The molecule has 0 atom stereocenters. The lowest BCUT2D eigenvalue weighted by atomic mass is 9.95. The van der Waals surface area contributed by atoms with Crippen molar-refractivity contribution < 1.29 is 22.9 Å². The minimum atomic E-state index is -4.28. The molecule has 1 aliphatic carbocycles. The molecule has 1 aliphatic heterocycles. The number of carbonyl (C=O) groups excluding carboxylic acids is 1. The summed E-state index contributed by atoms with van der Waals surface area (Å²) < 4.78 is 37.8. The van der Waals surface area contributed by atoms with E-state index in [2.05, 4.69) is 5.32 Å². The Kier molecular flexibility index (Phi) is 5.67. The average Bonchev–Trinajstić information content (AvgIpc) is 3.08. The Balaban J connectivity index is 1.45. The van der Waals surface area contributed by atoms with Crippen LogP contribution in [0.25, 0.3) is 0 Å². The lowest BCUT2D eigenvalue weighted by molar-refractivity contribution is -0.919. The molecule has 1 aromatic rings. The van der Waals surface area contributed by atoms with Gasteiger partial charge in [0.1, 0.15) is 6.54 Å². The highest BCUT2D eigenvalue weighted by atomic mass is 19.4. The van der Waals surface area contributed by atoms with Crippen LogP contribution < -0.4 is 10.2 Å². The van der Waals surface area contributed by atoms with Crippen LogP contribution in [-0.4, -0.2) is 25.0 Å². The molecule has 0 aromatic heterocycles. The van der Waals surface area contributed by atoms with E-state index in [0.29, 0.717) is 6.04 Å². The van der Waals surface area contributed by atoms with Crippen LogP contribution in [-0.2, 0) is 17.5 Å². The molecule has 1 amide bonds. The highest BCUT2D eigenvalue weighted by molar-refractivity contribution is 5.79. The zero-order valence-corrected chi connectivity index (χ0v) is 14.4. The molecule has 0 bridgehead atoms. The largest absolute Gasteiger partial charge is 0.416 e. The molecule has 1 heterocycles. The van der Waals surface area contributed by atoms with Gasteiger partial charge in [0.15, 0.2) is 0 Å². The van der Waals surface area contributed by atoms with Crippen molar-refractivity contribution in [1.29, 1.82) is 0 Å². The van der Waals surface area contributed by atoms with Crippen LogP contribution >= 0.6 is 0 Å². The van der Waals surface area contributed by atoms with Crippen LogP contribution in [0.1, 0.15) is 49.7 Å². The molecule has 1 aromatic carbocycles. The molecule has 0 radical (unpaired) electrons. The quantitative estimate of drug-likeness (QED) is 0.855. The summed E-state index contributed by atoms with van der Waals surface area (Å²) in [5, 5.41) is 3.18. The molecule has 3 rings (SSSR count). The molecule has 2 fully saturated rings. The van der Waals surface area contributed by atoms with Gasteiger partial charge in [-0.05, 0) is 25.0 Å². The molecule has 2 N–H and O–H groups in total. The van der Waals surface area contributed by atoms with Crippen LogP contribution in [0, 0.1) is 5.92 Å². The Bertz CT molecular complexity index is 571. The summed E-state index contributed by atoms with van der Waals surface area (Å²) in [6.07, 6.45) is 2.05. The minimum absolute atomic E-state index is 0.0944. The molecule has 1 saturated heterocycles. The van der Waals surface area contributed by atoms with Crippen molar-refractivity contribution in [3.8, 4) is 0 Å². The van der Waals surface area contributed by atoms with Gasteiger partial charge in [-0.15, -0.1) is 0 Å². The molecular formula is C19H26F3N2O+. The molecule has 3 nitrogen and oxygen atoms in total. The summed E-state index contributed by atoms with van der Waals surface area (Å²) >= 11 is 0. The molecule has 25 heavy (non-hydrogen) atoms. The second-order valence-electron chi connectivity index (χ2n) is 7.39. The summed E-state index contributed by atoms with van der Waals surface area (Å²) in [6.45, 7) is 2.50. The van der Waals surface area contributed by atoms with E-state index in [-0.39, 0.29) is 11.8 Å². The first-order chi connectivity index (χ1) is 11.9. The van der Waals surface area contributed by atoms with E-state index in [9.17, 15) is 18.0 Å². The Morgan fingerprint density at radius 3 is 2.20 bits per heavy atom. The topological polar surface area (TPSA) is 33.5 Å². The maximum atomic E-state index is 12.6. The van der Waals surface area contributed by atoms with E-state index in [1.165, 1.54) is 17.7 Å². The lowest BCUT2D eigenvalue weighted by Crippen LogP contribution is -3.11. The number of quaternary nitrogens is 1. The van der Waals surface area contributed by atoms with Gasteiger partial charge in [0.05, 0.1) is 18.7 Å². The smallest absolute Gasteiger partial charge is 0.353 e. The lowest BCUT2D eigenvalue weighted by Gasteiger charge is -2.29. The Labute approximate surface area is 146 Å². The number of hydrogen-bond acceptors (Lipinski definition) is 1. The van der Waals surface area contributed by atoms with Crippen LogP contribution in [0.2, 0.25) is 0 Å². The van der Waals surface area contributed by atoms with Gasteiger partial charge in [0.2, 0.25) is 5.91 Å². The Hall–Kier alpha value is -1.56. The van der Waals surface area contributed by atoms with Gasteiger partial charge >= 0.3 is 6.18 Å². The van der Waals surface area contributed by atoms with E-state index in [4.69, 9.17) is 0 Å². The SMILES string of the molecule is O=C(NC1CCCC1)C1CC[NH+](Cc2ccc(C(F)(F)F)cc2)CC1. The third-order valence-electron chi connectivity index (χ3n) is 5.50. The molecule has 0 spiro atoms. The van der Waals surface area contributed by atoms with Gasteiger partial charge < -0.3 is 10.2 Å². The predicted octanol–water partition coefficient (Wildman–Crippen LogP) is 2.56. The van der Waals surface area contributed by atoms with Crippen LogP contribution in [0.15, 0.2) is 24.3 Å². The standard InChI is InChI=1S/C19H25F3N2O/c20-19(21,22)16-7-5-14(6-8-16)13-24-11-9-15(10-12-24)18(25)23-17-3-1-2-4-17/h5-8,15,17H,1-4,9-13H2,(H,23,25)/p+1. The Morgan fingerprint density at radius 1 is 1.04 bits per heavy atom. The number of nitrogens with one attached hydrogen (secondary N) is 2. The van der Waals surface area contributed by atoms with Crippen molar-refractivity contribution >= 4 is 5.91 Å². The summed E-state index contributed by atoms with van der Waals surface area (Å²) in [4.78, 5) is 13.7. The van der Waals surface area contributed by atoms with Gasteiger partial charge in [-0.1, -0.05) is 25.0 Å². The van der Waals surface area contributed by atoms with Gasteiger partial charge in [0, 0.05) is 30.4 Å². The van der Waals surface area contributed by atoms with E-state index >= 15 is 0 Å². The van der Waals surface area contributed by atoms with Crippen molar-refractivity contribution in [2.75, 3.05) is 13.1 Å². The van der Waals surface area contributed by atoms with Gasteiger partial charge in [-0.3, -0.25) is 4.79 Å². The molecule has 138 valence electrons. The van der Waals surface area contributed by atoms with Crippen molar-refractivity contribution in [2.24, 2.45) is 5.92 Å². The number of halogens is 3. The number of rotatable bonds is 4. The highest BCUT2D eigenvalue weighted by Crippen LogP contribution is 2.29. The first kappa shape index (κ1) is 18.2. The van der Waals surface area contributed by atoms with E-state index < -0.39 is 11.7 Å². The highest BCUT2D eigenvalue weighted by Gasteiger charge is 2.31. The van der Waals surface area contributed by atoms with Crippen molar-refractivity contribution in [1.82, 2.24) is 5.32 Å². The maximum absolute atomic E-state index is 12.6. The third-order valence-corrected chi connectivity index (χ3v) is 5.50. The molecule has 6 heteroatoms. The zero-order chi connectivity index (χ0) is 17.9. The fourth-order valence-corrected chi connectivity index (χ4v) is 3.95. The van der Waals surface area contributed by atoms with Crippen LogP contribution in [0.5, 0.6) is 0 Å². The summed E-state index contributed by atoms with van der Waals surface area (Å²) in [5.74, 6) is 0.289. The van der Waals surface area contributed by atoms with Crippen molar-refractivity contribution in [3.63, 3.8) is 0 Å². The second-order valence-corrected chi connectivity index (χ2v) is 7.39. The number of alkyl halides is 3. The molecular weight excluding hydrogens is 329 g/mol. The van der Waals surface area contributed by atoms with Gasteiger partial charge in [0.25, 0.3) is 0 Å². The number of likely N-dealkylation sites (tertiary alicyclic amines) is 1. The van der Waals surface area contributed by atoms with E-state index in [0.717, 1.165) is 63.0 Å². The predicted molar refractivity (Wildman–Crippen MR) is 89.0 cm³/mol. The fraction of sp³-hybridized carbons (Fsp3) is 0.632. The van der Waals surface area contributed by atoms with Crippen LogP contribution in [0.3, 0.4) is 0 Å². The number of carbonyl (C=O) groups is 1. The molecule has 1 saturated carbocycles. The first-order valence-electron chi connectivity index (χ1n) is 9.22. The third kappa shape index (κ3) is 4.97. The van der Waals surface area contributed by atoms with Gasteiger partial charge in [-0.25, -0.2) is 0 Å². The fourth-order valence-electron chi connectivity index (χ4n) is 3.95. The minimum Gasteiger partial charge on any atom is -0.353 e. The van der Waals surface area contributed by atoms with E-state index in [1.807, 2.05) is 0 Å². The summed E-state index contributed by atoms with van der Waals surface area (Å²) in [7, 11) is 0. The number of piperidine rings is 1. The maximum Gasteiger partial charge on any atom is 0.416 e. The van der Waals surface area contributed by atoms with Gasteiger partial charge in [-0.2, -0.15) is 13.2 Å². The van der Waals surface area contributed by atoms with Crippen molar-refractivity contribution in [3.05, 3.63) is 35.4 Å². The summed E-state index contributed by atoms with van der Waals surface area (Å²) in [5.41, 5.74) is 0.311. The monoisotopic (exact) mass is 355 g/mol. The number of hydrogen-bond donors (Lipinski definition) is 2. The van der Waals surface area contributed by atoms with E-state index in [1.54, 1.807) is 12.1 Å². The first-order valence-corrected chi connectivity index (χ1v) is 9.22. The number of benzene rings is 1. The average molecular weight is 355 g/mol. The Morgan fingerprint density at radius 2 is 1.64 bits per heavy atom. The molecule has 0 unspecified atom stereocenters. The number of amides is 1. The normalized spacial score (nSPS) is 25.1. The van der Waals surface area contributed by atoms with Crippen molar-refractivity contribution in [2.45, 2.75) is 57.3 Å². The summed E-state index contributed by atoms with van der Waals surface area (Å²) in [6, 6.07) is 5.79. The zero-order valence-electron chi connectivity index (χ0n) is 14.4. The second kappa shape index (κ2) is 7.77. The van der Waals surface area contributed by atoms with Crippen LogP contribution in [0.4, 0.5) is 13.2 Å². The molecule has 2 aliphatic rings.